The molecule has 1 atom stereocenters. The lowest BCUT2D eigenvalue weighted by Gasteiger charge is -2.32. The van der Waals surface area contributed by atoms with Gasteiger partial charge in [-0.2, -0.15) is 0 Å². The zero-order chi connectivity index (χ0) is 24.1. The Kier molecular flexibility index (Phi) is 5.81. The van der Waals surface area contributed by atoms with E-state index in [1.807, 2.05) is 13.0 Å². The second kappa shape index (κ2) is 8.99. The predicted octanol–water partition coefficient (Wildman–Crippen LogP) is 4.56. The number of carbonyl (C=O) groups excluding carboxylic acids is 1. The van der Waals surface area contributed by atoms with Gasteiger partial charge in [0.05, 0.1) is 17.9 Å². The van der Waals surface area contributed by atoms with E-state index in [2.05, 4.69) is 10.6 Å². The number of benzene rings is 1. The Labute approximate surface area is 204 Å². The van der Waals surface area contributed by atoms with Crippen LogP contribution in [0.2, 0.25) is 0 Å². The highest BCUT2D eigenvalue weighted by Gasteiger charge is 2.36. The molecule has 7 nitrogen and oxygen atoms in total. The molecule has 0 spiro atoms. The summed E-state index contributed by atoms with van der Waals surface area (Å²) in [5.41, 5.74) is 3.03. The molecule has 184 valence electrons. The van der Waals surface area contributed by atoms with Crippen LogP contribution in [0.4, 0.5) is 4.39 Å². The van der Waals surface area contributed by atoms with Gasteiger partial charge < -0.3 is 18.9 Å². The maximum absolute atomic E-state index is 15.6. The molecular formula is C27H31FN4O3. The predicted molar refractivity (Wildman–Crippen MR) is 130 cm³/mol. The van der Waals surface area contributed by atoms with Gasteiger partial charge in [-0.15, -0.1) is 0 Å². The van der Waals surface area contributed by atoms with Crippen LogP contribution in [0.3, 0.4) is 0 Å². The van der Waals surface area contributed by atoms with Gasteiger partial charge in [-0.1, -0.05) is 6.07 Å². The number of likely N-dealkylation sites (N-methyl/N-ethyl adjacent to an activating group) is 1. The molecule has 35 heavy (non-hydrogen) atoms. The third-order valence-corrected chi connectivity index (χ3v) is 7.88. The fraction of sp³-hybridized carbons (Fsp3) is 0.519. The van der Waals surface area contributed by atoms with E-state index in [9.17, 15) is 4.79 Å². The van der Waals surface area contributed by atoms with Gasteiger partial charge in [0.25, 0.3) is 0 Å². The van der Waals surface area contributed by atoms with Crippen LogP contribution in [0.1, 0.15) is 67.7 Å². The third kappa shape index (κ3) is 3.83. The number of hydrogen-bond donors (Lipinski definition) is 0. The summed E-state index contributed by atoms with van der Waals surface area (Å²) in [5, 5.41) is 1.72. The summed E-state index contributed by atoms with van der Waals surface area (Å²) in [6, 6.07) is 5.08. The topological polar surface area (TPSA) is 69.5 Å². The first-order valence-corrected chi connectivity index (χ1v) is 12.6. The van der Waals surface area contributed by atoms with E-state index in [1.165, 1.54) is 6.07 Å². The first-order chi connectivity index (χ1) is 17.0. The first kappa shape index (κ1) is 22.6. The van der Waals surface area contributed by atoms with E-state index in [1.54, 1.807) is 18.1 Å². The molecule has 0 N–H and O–H groups in total. The minimum absolute atomic E-state index is 0.0518. The highest BCUT2D eigenvalue weighted by molar-refractivity contribution is 5.96. The van der Waals surface area contributed by atoms with Crippen LogP contribution >= 0.6 is 0 Å². The van der Waals surface area contributed by atoms with Crippen LogP contribution in [0, 0.1) is 5.82 Å². The largest absolute Gasteiger partial charge is 0.381 e. The summed E-state index contributed by atoms with van der Waals surface area (Å²) >= 11 is 0. The van der Waals surface area contributed by atoms with Crippen molar-refractivity contribution in [1.82, 2.24) is 19.4 Å². The minimum Gasteiger partial charge on any atom is -0.381 e. The molecule has 3 aromatic rings. The fourth-order valence-electron chi connectivity index (χ4n) is 5.91. The van der Waals surface area contributed by atoms with Crippen molar-refractivity contribution in [1.29, 1.82) is 0 Å². The average molecular weight is 479 g/mol. The van der Waals surface area contributed by atoms with Gasteiger partial charge >= 0.3 is 0 Å². The average Bonchev–Trinajstić information content (AvgIpc) is 3.27. The van der Waals surface area contributed by atoms with Crippen LogP contribution < -0.4 is 0 Å². The van der Waals surface area contributed by atoms with E-state index in [0.29, 0.717) is 36.9 Å². The van der Waals surface area contributed by atoms with Crippen LogP contribution in [0.15, 0.2) is 24.4 Å². The molecule has 6 rings (SSSR count). The standard InChI is InChI=1S/C27H31FN4O3/c1-16-27(33)31(2)15-23-25(30-26(32(16)23)18-7-11-35-12-8-18)24-20-14-29-22(17-5-9-34-10-6-17)13-19(20)3-4-21(24)28/h3-4,13-14,16-18H,5-12,15H2,1-2H3/t16-/m1/s1. The van der Waals surface area contributed by atoms with E-state index >= 15 is 4.39 Å². The molecular weight excluding hydrogens is 447 g/mol. The molecule has 2 fully saturated rings. The number of aromatic nitrogens is 3. The summed E-state index contributed by atoms with van der Waals surface area (Å²) in [5.74, 6) is 1.16. The zero-order valence-corrected chi connectivity index (χ0v) is 20.3. The van der Waals surface area contributed by atoms with Crippen molar-refractivity contribution >= 4 is 16.7 Å². The van der Waals surface area contributed by atoms with Crippen LogP contribution in [-0.2, 0) is 20.8 Å². The SMILES string of the molecule is C[C@@H]1C(=O)N(C)Cc2c(-c3c(F)ccc4cc(C5CCOCC5)ncc34)nc(C3CCOCC3)n21. The van der Waals surface area contributed by atoms with Crippen molar-refractivity contribution in [3.05, 3.63) is 47.4 Å². The Morgan fingerprint density at radius 1 is 1.03 bits per heavy atom. The van der Waals surface area contributed by atoms with Gasteiger partial charge in [0.2, 0.25) is 5.91 Å². The molecule has 3 aliphatic rings. The van der Waals surface area contributed by atoms with Crippen molar-refractivity contribution < 1.29 is 18.7 Å². The number of ether oxygens (including phenoxy) is 2. The van der Waals surface area contributed by atoms with E-state index in [4.69, 9.17) is 19.4 Å². The molecule has 3 aliphatic heterocycles. The molecule has 8 heteroatoms. The normalized spacial score (nSPS) is 22.1. The molecule has 0 unspecified atom stereocenters. The lowest BCUT2D eigenvalue weighted by atomic mass is 9.93. The van der Waals surface area contributed by atoms with Gasteiger partial charge in [-0.3, -0.25) is 9.78 Å². The smallest absolute Gasteiger partial charge is 0.245 e. The number of carbonyl (C=O) groups is 1. The van der Waals surface area contributed by atoms with Crippen molar-refractivity contribution in [2.24, 2.45) is 0 Å². The molecule has 0 saturated carbocycles. The summed E-state index contributed by atoms with van der Waals surface area (Å²) in [6.07, 6.45) is 5.41. The maximum Gasteiger partial charge on any atom is 0.245 e. The molecule has 5 heterocycles. The highest BCUT2D eigenvalue weighted by Crippen LogP contribution is 2.41. The van der Waals surface area contributed by atoms with E-state index in [-0.39, 0.29) is 23.7 Å². The van der Waals surface area contributed by atoms with Gasteiger partial charge in [-0.25, -0.2) is 9.37 Å². The van der Waals surface area contributed by atoms with Gasteiger partial charge in [0.1, 0.15) is 17.7 Å². The number of hydrogen-bond acceptors (Lipinski definition) is 5. The number of fused-ring (bicyclic) bond motifs is 2. The number of nitrogens with zero attached hydrogens (tertiary/aromatic N) is 4. The van der Waals surface area contributed by atoms with Crippen LogP contribution in [-0.4, -0.2) is 58.8 Å². The lowest BCUT2D eigenvalue weighted by molar-refractivity contribution is -0.135. The Morgan fingerprint density at radius 2 is 1.71 bits per heavy atom. The van der Waals surface area contributed by atoms with Gasteiger partial charge in [0.15, 0.2) is 0 Å². The van der Waals surface area contributed by atoms with E-state index in [0.717, 1.165) is 66.9 Å². The fourth-order valence-corrected chi connectivity index (χ4v) is 5.91. The molecule has 1 aromatic carbocycles. The van der Waals surface area contributed by atoms with Gasteiger partial charge in [0, 0.05) is 68.2 Å². The summed E-state index contributed by atoms with van der Waals surface area (Å²) in [6.45, 7) is 5.16. The first-order valence-electron chi connectivity index (χ1n) is 12.6. The third-order valence-electron chi connectivity index (χ3n) is 7.88. The van der Waals surface area contributed by atoms with Crippen LogP contribution in [0.25, 0.3) is 22.0 Å². The Bertz CT molecular complexity index is 1280. The highest BCUT2D eigenvalue weighted by atomic mass is 19.1. The van der Waals surface area contributed by atoms with Gasteiger partial charge in [-0.05, 0) is 50.1 Å². The number of imidazole rings is 1. The molecule has 0 bridgehead atoms. The maximum atomic E-state index is 15.6. The Balaban J connectivity index is 1.52. The monoisotopic (exact) mass is 478 g/mol. The zero-order valence-electron chi connectivity index (χ0n) is 20.3. The minimum atomic E-state index is -0.376. The molecule has 0 radical (unpaired) electrons. The molecule has 1 amide bonds. The summed E-state index contributed by atoms with van der Waals surface area (Å²) in [7, 11) is 1.80. The molecule has 0 aliphatic carbocycles. The summed E-state index contributed by atoms with van der Waals surface area (Å²) in [4.78, 5) is 24.5. The molecule has 2 aromatic heterocycles. The number of halogens is 1. The summed E-state index contributed by atoms with van der Waals surface area (Å²) < 4.78 is 28.7. The van der Waals surface area contributed by atoms with Crippen molar-refractivity contribution in [3.63, 3.8) is 0 Å². The van der Waals surface area contributed by atoms with Crippen molar-refractivity contribution in [2.75, 3.05) is 33.5 Å². The quantitative estimate of drug-likeness (QED) is 0.552. The Hall–Kier alpha value is -2.84. The Morgan fingerprint density at radius 3 is 2.43 bits per heavy atom. The lowest BCUT2D eigenvalue weighted by Crippen LogP contribution is -2.40. The van der Waals surface area contributed by atoms with E-state index < -0.39 is 0 Å². The number of rotatable bonds is 3. The number of pyridine rings is 1. The van der Waals surface area contributed by atoms with Crippen LogP contribution in [0.5, 0.6) is 0 Å². The van der Waals surface area contributed by atoms with Crippen molar-refractivity contribution in [2.45, 2.75) is 57.0 Å². The van der Waals surface area contributed by atoms with Crippen molar-refractivity contribution in [3.8, 4) is 11.3 Å². The second-order valence-corrected chi connectivity index (χ2v) is 10.0. The number of amides is 1. The second-order valence-electron chi connectivity index (χ2n) is 10.0. The molecule has 2 saturated heterocycles.